The van der Waals surface area contributed by atoms with E-state index in [-0.39, 0.29) is 18.4 Å². The van der Waals surface area contributed by atoms with E-state index >= 15 is 0 Å². The average molecular weight is 270 g/mol. The third-order valence-electron chi connectivity index (χ3n) is 3.98. The number of carboxylic acids is 1. The number of carbonyl (C=O) groups excluding carboxylic acids is 1. The van der Waals surface area contributed by atoms with Crippen molar-refractivity contribution >= 4 is 12.0 Å². The van der Waals surface area contributed by atoms with Crippen molar-refractivity contribution in [1.82, 2.24) is 9.80 Å². The lowest BCUT2D eigenvalue weighted by Crippen LogP contribution is -2.41. The lowest BCUT2D eigenvalue weighted by Gasteiger charge is -2.24. The Bertz CT molecular complexity index is 348. The van der Waals surface area contributed by atoms with E-state index in [1.54, 1.807) is 12.0 Å². The van der Waals surface area contributed by atoms with E-state index in [0.29, 0.717) is 25.6 Å². The van der Waals surface area contributed by atoms with Crippen LogP contribution in [-0.4, -0.2) is 66.8 Å². The van der Waals surface area contributed by atoms with Crippen molar-refractivity contribution in [2.75, 3.05) is 39.9 Å². The first-order chi connectivity index (χ1) is 9.10. The van der Waals surface area contributed by atoms with Crippen LogP contribution in [0.2, 0.25) is 0 Å². The van der Waals surface area contributed by atoms with Crippen molar-refractivity contribution in [1.29, 1.82) is 0 Å². The predicted octanol–water partition coefficient (Wildman–Crippen LogP) is 0.871. The Balaban J connectivity index is 1.80. The molecule has 108 valence electrons. The Labute approximate surface area is 113 Å². The summed E-state index contributed by atoms with van der Waals surface area (Å²) in [4.78, 5) is 26.6. The van der Waals surface area contributed by atoms with E-state index < -0.39 is 5.97 Å². The summed E-state index contributed by atoms with van der Waals surface area (Å²) in [5.41, 5.74) is 0. The van der Waals surface area contributed by atoms with Gasteiger partial charge in [0, 0.05) is 45.6 Å². The SMILES string of the molecule is COCC1CCN(C(=O)N2CCC(CC(=O)O)C2)C1. The number of nitrogens with zero attached hydrogens (tertiary/aromatic N) is 2. The molecule has 0 aromatic rings. The van der Waals surface area contributed by atoms with Crippen LogP contribution >= 0.6 is 0 Å². The molecule has 6 nitrogen and oxygen atoms in total. The molecule has 0 bridgehead atoms. The zero-order valence-electron chi connectivity index (χ0n) is 11.4. The lowest BCUT2D eigenvalue weighted by atomic mass is 10.1. The zero-order chi connectivity index (χ0) is 13.8. The summed E-state index contributed by atoms with van der Waals surface area (Å²) in [6.45, 7) is 3.50. The molecule has 2 aliphatic heterocycles. The average Bonchev–Trinajstić information content (AvgIpc) is 2.97. The third kappa shape index (κ3) is 3.59. The number of carboxylic acid groups (broad SMARTS) is 1. The highest BCUT2D eigenvalue weighted by molar-refractivity contribution is 5.75. The van der Waals surface area contributed by atoms with Gasteiger partial charge in [-0.1, -0.05) is 0 Å². The largest absolute Gasteiger partial charge is 0.481 e. The first-order valence-corrected chi connectivity index (χ1v) is 6.84. The highest BCUT2D eigenvalue weighted by atomic mass is 16.5. The van der Waals surface area contributed by atoms with Crippen LogP contribution in [0.4, 0.5) is 4.79 Å². The van der Waals surface area contributed by atoms with E-state index in [1.165, 1.54) is 0 Å². The van der Waals surface area contributed by atoms with E-state index in [0.717, 1.165) is 25.9 Å². The molecule has 2 amide bonds. The molecule has 0 radical (unpaired) electrons. The van der Waals surface area contributed by atoms with Gasteiger partial charge in [0.2, 0.25) is 0 Å². The van der Waals surface area contributed by atoms with Crippen LogP contribution in [-0.2, 0) is 9.53 Å². The molecule has 2 saturated heterocycles. The van der Waals surface area contributed by atoms with E-state index in [2.05, 4.69) is 0 Å². The first kappa shape index (κ1) is 14.1. The van der Waals surface area contributed by atoms with Gasteiger partial charge >= 0.3 is 12.0 Å². The number of likely N-dealkylation sites (tertiary alicyclic amines) is 2. The van der Waals surface area contributed by atoms with Gasteiger partial charge in [-0.05, 0) is 18.8 Å². The number of carbonyl (C=O) groups is 2. The highest BCUT2D eigenvalue weighted by Crippen LogP contribution is 2.23. The van der Waals surface area contributed by atoms with Gasteiger partial charge in [0.05, 0.1) is 6.61 Å². The first-order valence-electron chi connectivity index (χ1n) is 6.84. The molecule has 2 rings (SSSR count). The van der Waals surface area contributed by atoms with Crippen LogP contribution in [0, 0.1) is 11.8 Å². The number of hydrogen-bond acceptors (Lipinski definition) is 3. The molecule has 2 heterocycles. The fourth-order valence-corrected chi connectivity index (χ4v) is 3.00. The Morgan fingerprint density at radius 1 is 1.16 bits per heavy atom. The van der Waals surface area contributed by atoms with Crippen molar-refractivity contribution in [3.63, 3.8) is 0 Å². The smallest absolute Gasteiger partial charge is 0.320 e. The minimum Gasteiger partial charge on any atom is -0.481 e. The van der Waals surface area contributed by atoms with E-state index in [9.17, 15) is 9.59 Å². The maximum atomic E-state index is 12.3. The van der Waals surface area contributed by atoms with Crippen molar-refractivity contribution in [2.45, 2.75) is 19.3 Å². The van der Waals surface area contributed by atoms with Crippen LogP contribution in [0.3, 0.4) is 0 Å². The number of ether oxygens (including phenoxy) is 1. The summed E-state index contributed by atoms with van der Waals surface area (Å²) in [7, 11) is 1.68. The Hall–Kier alpha value is -1.30. The molecule has 2 unspecified atom stereocenters. The summed E-state index contributed by atoms with van der Waals surface area (Å²) in [5, 5.41) is 8.78. The minimum atomic E-state index is -0.777. The maximum Gasteiger partial charge on any atom is 0.320 e. The summed E-state index contributed by atoms with van der Waals surface area (Å²) >= 11 is 0. The van der Waals surface area contributed by atoms with E-state index in [4.69, 9.17) is 9.84 Å². The number of urea groups is 1. The topological polar surface area (TPSA) is 70.1 Å². The second-order valence-electron chi connectivity index (χ2n) is 5.54. The predicted molar refractivity (Wildman–Crippen MR) is 68.9 cm³/mol. The molecule has 1 N–H and O–H groups in total. The molecule has 2 aliphatic rings. The summed E-state index contributed by atoms with van der Waals surface area (Å²) in [6, 6.07) is 0.0616. The van der Waals surface area contributed by atoms with Gasteiger partial charge < -0.3 is 19.6 Å². The Kier molecular flexibility index (Phi) is 4.63. The quantitative estimate of drug-likeness (QED) is 0.823. The number of rotatable bonds is 4. The lowest BCUT2D eigenvalue weighted by molar-refractivity contribution is -0.138. The van der Waals surface area contributed by atoms with Gasteiger partial charge in [-0.15, -0.1) is 0 Å². The molecule has 2 fully saturated rings. The molecule has 2 atom stereocenters. The normalized spacial score (nSPS) is 27.0. The Morgan fingerprint density at radius 3 is 2.32 bits per heavy atom. The maximum absolute atomic E-state index is 12.3. The van der Waals surface area contributed by atoms with Gasteiger partial charge in [-0.2, -0.15) is 0 Å². The molecule has 0 saturated carbocycles. The monoisotopic (exact) mass is 270 g/mol. The molecule has 0 aromatic carbocycles. The van der Waals surface area contributed by atoms with Gasteiger partial charge in [-0.25, -0.2) is 4.79 Å². The zero-order valence-corrected chi connectivity index (χ0v) is 11.4. The fraction of sp³-hybridized carbons (Fsp3) is 0.846. The fourth-order valence-electron chi connectivity index (χ4n) is 3.00. The van der Waals surface area contributed by atoms with Gasteiger partial charge in [0.1, 0.15) is 0 Å². The van der Waals surface area contributed by atoms with Crippen LogP contribution in [0.25, 0.3) is 0 Å². The molecular weight excluding hydrogens is 248 g/mol. The number of methoxy groups -OCH3 is 1. The molecule has 19 heavy (non-hydrogen) atoms. The second kappa shape index (κ2) is 6.23. The Morgan fingerprint density at radius 2 is 1.74 bits per heavy atom. The van der Waals surface area contributed by atoms with Gasteiger partial charge in [0.25, 0.3) is 0 Å². The number of aliphatic carboxylic acids is 1. The van der Waals surface area contributed by atoms with Crippen LogP contribution in [0.15, 0.2) is 0 Å². The third-order valence-corrected chi connectivity index (χ3v) is 3.98. The van der Waals surface area contributed by atoms with Crippen LogP contribution in [0.5, 0.6) is 0 Å². The van der Waals surface area contributed by atoms with Crippen LogP contribution in [0.1, 0.15) is 19.3 Å². The minimum absolute atomic E-state index is 0.0616. The van der Waals surface area contributed by atoms with Gasteiger partial charge in [0.15, 0.2) is 0 Å². The molecule has 0 aromatic heterocycles. The van der Waals surface area contributed by atoms with E-state index in [1.807, 2.05) is 4.90 Å². The van der Waals surface area contributed by atoms with Crippen molar-refractivity contribution in [3.8, 4) is 0 Å². The number of amides is 2. The van der Waals surface area contributed by atoms with Crippen molar-refractivity contribution in [3.05, 3.63) is 0 Å². The molecular formula is C13H22N2O4. The van der Waals surface area contributed by atoms with Crippen molar-refractivity contribution < 1.29 is 19.4 Å². The second-order valence-corrected chi connectivity index (χ2v) is 5.54. The standard InChI is InChI=1S/C13H22N2O4/c1-19-9-11-3-5-15(8-11)13(18)14-4-2-10(7-14)6-12(16)17/h10-11H,2-9H2,1H3,(H,16,17). The summed E-state index contributed by atoms with van der Waals surface area (Å²) in [6.07, 6.45) is 1.95. The van der Waals surface area contributed by atoms with Gasteiger partial charge in [-0.3, -0.25) is 4.79 Å². The summed E-state index contributed by atoms with van der Waals surface area (Å²) in [5.74, 6) is -0.231. The number of hydrogen-bond donors (Lipinski definition) is 1. The van der Waals surface area contributed by atoms with Crippen molar-refractivity contribution in [2.24, 2.45) is 11.8 Å². The van der Waals surface area contributed by atoms with Crippen LogP contribution < -0.4 is 0 Å². The molecule has 0 aliphatic carbocycles. The highest BCUT2D eigenvalue weighted by Gasteiger charge is 2.33. The molecule has 6 heteroatoms. The summed E-state index contributed by atoms with van der Waals surface area (Å²) < 4.78 is 5.12. The molecule has 0 spiro atoms.